The number of thioether (sulfide) groups is 1. The largest absolute Gasteiger partial charge is 0.465 e. The summed E-state index contributed by atoms with van der Waals surface area (Å²) in [6.45, 7) is 4.46. The van der Waals surface area contributed by atoms with Gasteiger partial charge in [0.15, 0.2) is 11.2 Å². The highest BCUT2D eigenvalue weighted by atomic mass is 32.2. The van der Waals surface area contributed by atoms with E-state index in [1.165, 1.54) is 6.92 Å². The van der Waals surface area contributed by atoms with Gasteiger partial charge in [0, 0.05) is 44.0 Å². The number of ketones is 1. The van der Waals surface area contributed by atoms with E-state index in [9.17, 15) is 28.8 Å². The number of esters is 2. The zero-order chi connectivity index (χ0) is 22.7. The van der Waals surface area contributed by atoms with Crippen LogP contribution in [0.3, 0.4) is 0 Å². The normalized spacial score (nSPS) is 21.2. The van der Waals surface area contributed by atoms with Crippen LogP contribution in [0.1, 0.15) is 46.5 Å². The first-order valence-corrected chi connectivity index (χ1v) is 10.5. The van der Waals surface area contributed by atoms with Gasteiger partial charge in [0.05, 0.1) is 12.8 Å². The van der Waals surface area contributed by atoms with Crippen molar-refractivity contribution >= 4 is 46.4 Å². The number of hydrogen-bond acceptors (Lipinski definition) is 9. The van der Waals surface area contributed by atoms with E-state index in [1.807, 2.05) is 0 Å². The number of carbonyl (C=O) groups is 6. The van der Waals surface area contributed by atoms with Crippen molar-refractivity contribution in [3.8, 4) is 0 Å². The molecule has 0 aromatic carbocycles. The van der Waals surface area contributed by atoms with Crippen molar-refractivity contribution in [1.29, 1.82) is 0 Å². The van der Waals surface area contributed by atoms with Gasteiger partial charge in [-0.05, 0) is 0 Å². The molecular weight excluding hydrogens is 416 g/mol. The van der Waals surface area contributed by atoms with Crippen molar-refractivity contribution in [2.24, 2.45) is 5.41 Å². The Bertz CT molecular complexity index is 692. The van der Waals surface area contributed by atoms with Crippen molar-refractivity contribution < 1.29 is 38.2 Å². The summed E-state index contributed by atoms with van der Waals surface area (Å²) in [7, 11) is 0. The molecule has 1 saturated heterocycles. The van der Waals surface area contributed by atoms with E-state index in [-0.39, 0.29) is 56.4 Å². The lowest BCUT2D eigenvalue weighted by atomic mass is 9.86. The number of cyclic esters (lactones) is 1. The summed E-state index contributed by atoms with van der Waals surface area (Å²) in [6.07, 6.45) is -2.12. The number of Topliss-reactive ketones (excluding diaryl/α,β-unsaturated/α-hetero) is 1. The van der Waals surface area contributed by atoms with Crippen LogP contribution < -0.4 is 10.6 Å². The molecule has 0 saturated carbocycles. The third-order valence-corrected chi connectivity index (χ3v) is 5.01. The van der Waals surface area contributed by atoms with Crippen LogP contribution in [0.5, 0.6) is 0 Å². The van der Waals surface area contributed by atoms with E-state index >= 15 is 0 Å². The van der Waals surface area contributed by atoms with Gasteiger partial charge in [-0.2, -0.15) is 0 Å². The lowest BCUT2D eigenvalue weighted by Gasteiger charge is -2.32. The second-order valence-corrected chi connectivity index (χ2v) is 8.62. The number of hydrogen-bond donors (Lipinski definition) is 2. The van der Waals surface area contributed by atoms with E-state index in [0.717, 1.165) is 11.8 Å². The predicted octanol–water partition coefficient (Wildman–Crippen LogP) is 0.123. The minimum Gasteiger partial charge on any atom is -0.465 e. The Hall–Kier alpha value is -2.43. The monoisotopic (exact) mass is 444 g/mol. The van der Waals surface area contributed by atoms with Gasteiger partial charge in [-0.1, -0.05) is 25.6 Å². The maximum atomic E-state index is 12.6. The average Bonchev–Trinajstić information content (AvgIpc) is 2.65. The quantitative estimate of drug-likeness (QED) is 0.458. The van der Waals surface area contributed by atoms with E-state index in [4.69, 9.17) is 9.47 Å². The highest BCUT2D eigenvalue weighted by Crippen LogP contribution is 2.25. The standard InChI is InChI=1S/C19H28N2O8S/c1-12(22)28-11-19(2,3)17-18(27)21-7-6-14(24)20-8-9-30-16(26)10-13(23)4-5-15(25)29-17/h17H,4-11H2,1-3H3,(H,20,24)(H,21,27)/t17-/m0/s1. The summed E-state index contributed by atoms with van der Waals surface area (Å²) in [4.78, 5) is 71.5. The van der Waals surface area contributed by atoms with Crippen LogP contribution in [-0.2, 0) is 38.2 Å². The zero-order valence-corrected chi connectivity index (χ0v) is 18.2. The zero-order valence-electron chi connectivity index (χ0n) is 17.4. The molecule has 0 bridgehead atoms. The average molecular weight is 445 g/mol. The Labute approximate surface area is 179 Å². The van der Waals surface area contributed by atoms with Gasteiger partial charge >= 0.3 is 11.9 Å². The third-order valence-electron chi connectivity index (χ3n) is 4.13. The molecule has 0 aromatic rings. The Kier molecular flexibility index (Phi) is 10.5. The van der Waals surface area contributed by atoms with Crippen LogP contribution in [-0.4, -0.2) is 66.2 Å². The molecule has 168 valence electrons. The van der Waals surface area contributed by atoms with E-state index in [1.54, 1.807) is 13.8 Å². The molecule has 10 nitrogen and oxygen atoms in total. The van der Waals surface area contributed by atoms with Gasteiger partial charge in [-0.3, -0.25) is 28.8 Å². The minimum atomic E-state index is -1.31. The Morgan fingerprint density at radius 1 is 1.10 bits per heavy atom. The van der Waals surface area contributed by atoms with Gasteiger partial charge in [0.25, 0.3) is 5.91 Å². The number of nitrogens with one attached hydrogen (secondary N) is 2. The molecule has 0 unspecified atom stereocenters. The highest BCUT2D eigenvalue weighted by molar-refractivity contribution is 8.13. The first-order valence-electron chi connectivity index (χ1n) is 9.56. The molecule has 0 aromatic heterocycles. The van der Waals surface area contributed by atoms with Crippen molar-refractivity contribution in [3.63, 3.8) is 0 Å². The number of ether oxygens (including phenoxy) is 2. The first-order chi connectivity index (χ1) is 14.0. The van der Waals surface area contributed by atoms with E-state index in [2.05, 4.69) is 10.6 Å². The van der Waals surface area contributed by atoms with Crippen LogP contribution in [0.15, 0.2) is 0 Å². The van der Waals surface area contributed by atoms with Crippen molar-refractivity contribution in [2.45, 2.75) is 52.6 Å². The summed E-state index contributed by atoms with van der Waals surface area (Å²) in [5.74, 6) is -2.41. The van der Waals surface area contributed by atoms with Gasteiger partial charge in [0.1, 0.15) is 12.4 Å². The van der Waals surface area contributed by atoms with E-state index < -0.39 is 35.1 Å². The Balaban J connectivity index is 2.93. The topological polar surface area (TPSA) is 145 Å². The summed E-state index contributed by atoms with van der Waals surface area (Å²) in [5, 5.41) is 4.81. The fourth-order valence-corrected chi connectivity index (χ4v) is 3.19. The molecule has 0 aliphatic carbocycles. The maximum absolute atomic E-state index is 12.6. The second kappa shape index (κ2) is 12.3. The fourth-order valence-electron chi connectivity index (χ4n) is 2.50. The molecule has 1 rings (SSSR count). The second-order valence-electron chi connectivity index (χ2n) is 7.47. The number of rotatable bonds is 3. The van der Waals surface area contributed by atoms with Crippen LogP contribution in [0.4, 0.5) is 0 Å². The van der Waals surface area contributed by atoms with Crippen molar-refractivity contribution in [3.05, 3.63) is 0 Å². The molecule has 1 aliphatic heterocycles. The Morgan fingerprint density at radius 3 is 2.47 bits per heavy atom. The molecule has 2 amide bonds. The SMILES string of the molecule is CC(=O)OCC(C)(C)[C@H]1OC(=O)CCC(=O)CC(=O)SCCNC(=O)CCNC1=O. The molecule has 1 heterocycles. The van der Waals surface area contributed by atoms with Crippen molar-refractivity contribution in [2.75, 3.05) is 25.4 Å². The maximum Gasteiger partial charge on any atom is 0.307 e. The molecule has 2 N–H and O–H groups in total. The molecule has 1 aliphatic rings. The fraction of sp³-hybridized carbons (Fsp3) is 0.684. The first kappa shape index (κ1) is 25.6. The smallest absolute Gasteiger partial charge is 0.307 e. The van der Waals surface area contributed by atoms with Crippen LogP contribution in [0.25, 0.3) is 0 Å². The molecule has 0 radical (unpaired) electrons. The van der Waals surface area contributed by atoms with Gasteiger partial charge < -0.3 is 20.1 Å². The van der Waals surface area contributed by atoms with Crippen LogP contribution in [0, 0.1) is 5.41 Å². The molecule has 1 fully saturated rings. The number of carbonyl (C=O) groups excluding carboxylic acids is 6. The summed E-state index contributed by atoms with van der Waals surface area (Å²) < 4.78 is 10.3. The Morgan fingerprint density at radius 2 is 1.80 bits per heavy atom. The van der Waals surface area contributed by atoms with Gasteiger partial charge in [0.2, 0.25) is 5.91 Å². The molecule has 0 spiro atoms. The van der Waals surface area contributed by atoms with Gasteiger partial charge in [-0.15, -0.1) is 0 Å². The molecule has 30 heavy (non-hydrogen) atoms. The van der Waals surface area contributed by atoms with Crippen molar-refractivity contribution in [1.82, 2.24) is 10.6 Å². The lowest BCUT2D eigenvalue weighted by Crippen LogP contribution is -2.49. The summed E-state index contributed by atoms with van der Waals surface area (Å²) in [5.41, 5.74) is -1.06. The lowest BCUT2D eigenvalue weighted by molar-refractivity contribution is -0.168. The summed E-state index contributed by atoms with van der Waals surface area (Å²) in [6, 6.07) is 0. The molecule has 1 atom stereocenters. The number of amides is 2. The summed E-state index contributed by atoms with van der Waals surface area (Å²) >= 11 is 0.933. The molecular formula is C19H28N2O8S. The van der Waals surface area contributed by atoms with Crippen LogP contribution in [0.2, 0.25) is 0 Å². The molecule has 11 heteroatoms. The van der Waals surface area contributed by atoms with E-state index in [0.29, 0.717) is 5.75 Å². The predicted molar refractivity (Wildman–Crippen MR) is 107 cm³/mol. The third kappa shape index (κ3) is 9.86. The van der Waals surface area contributed by atoms with Gasteiger partial charge in [-0.25, -0.2) is 0 Å². The highest BCUT2D eigenvalue weighted by Gasteiger charge is 2.39. The minimum absolute atomic E-state index is 0.00607. The van der Waals surface area contributed by atoms with Crippen LogP contribution >= 0.6 is 11.8 Å².